The first-order valence-corrected chi connectivity index (χ1v) is 7.37. The molecule has 0 aliphatic carbocycles. The second-order valence-corrected chi connectivity index (χ2v) is 6.97. The lowest BCUT2D eigenvalue weighted by Crippen LogP contribution is -2.23. The molecule has 6 heteroatoms. The number of hydrogen-bond acceptors (Lipinski definition) is 4. The van der Waals surface area contributed by atoms with Crippen LogP contribution in [0.5, 0.6) is 0 Å². The summed E-state index contributed by atoms with van der Waals surface area (Å²) in [4.78, 5) is 3.86. The fourth-order valence-corrected chi connectivity index (χ4v) is 4.32. The Hall–Kier alpha value is -1.12. The van der Waals surface area contributed by atoms with E-state index >= 15 is 0 Å². The Morgan fingerprint density at radius 2 is 2.35 bits per heavy atom. The molecule has 1 aliphatic heterocycles. The van der Waals surface area contributed by atoms with Crippen LogP contribution in [0.4, 0.5) is 0 Å². The lowest BCUT2D eigenvalue weighted by molar-refractivity contribution is 0.451. The Bertz CT molecular complexity index is 579. The van der Waals surface area contributed by atoms with Gasteiger partial charge < -0.3 is 0 Å². The Morgan fingerprint density at radius 1 is 1.59 bits per heavy atom. The van der Waals surface area contributed by atoms with Crippen LogP contribution in [-0.4, -0.2) is 24.9 Å². The minimum Gasteiger partial charge on any atom is -0.245 e. The summed E-state index contributed by atoms with van der Waals surface area (Å²) in [7, 11) is -3.07. The standard InChI is InChI=1S/C11H11ClN2O2S/c12-10-5-9(1-3-14-10)6-11(7-13)2-4-17(15,16)8-11/h1,3,5H,2,4,6,8H2. The van der Waals surface area contributed by atoms with Crippen LogP contribution >= 0.6 is 11.6 Å². The lowest BCUT2D eigenvalue weighted by atomic mass is 9.83. The molecule has 0 bridgehead atoms. The van der Waals surface area contributed by atoms with Crippen molar-refractivity contribution in [3.8, 4) is 6.07 Å². The molecule has 1 aromatic rings. The fourth-order valence-electron chi connectivity index (χ4n) is 2.13. The van der Waals surface area contributed by atoms with Crippen LogP contribution in [0.1, 0.15) is 12.0 Å². The smallest absolute Gasteiger partial charge is 0.151 e. The van der Waals surface area contributed by atoms with Gasteiger partial charge in [0, 0.05) is 6.20 Å². The molecule has 0 radical (unpaired) electrons. The van der Waals surface area contributed by atoms with Crippen LogP contribution < -0.4 is 0 Å². The van der Waals surface area contributed by atoms with E-state index in [4.69, 9.17) is 11.6 Å². The van der Waals surface area contributed by atoms with Gasteiger partial charge in [0.15, 0.2) is 9.84 Å². The van der Waals surface area contributed by atoms with Gasteiger partial charge in [0.05, 0.1) is 23.0 Å². The molecule has 1 unspecified atom stereocenters. The zero-order valence-corrected chi connectivity index (χ0v) is 10.6. The van der Waals surface area contributed by atoms with Crippen LogP contribution in [0.2, 0.25) is 5.15 Å². The van der Waals surface area contributed by atoms with E-state index < -0.39 is 15.3 Å². The predicted octanol–water partition coefficient (Wildman–Crippen LogP) is 1.61. The third kappa shape index (κ3) is 2.76. The van der Waals surface area contributed by atoms with Crippen LogP contribution in [0.15, 0.2) is 18.3 Å². The first kappa shape index (κ1) is 12.3. The fraction of sp³-hybridized carbons (Fsp3) is 0.455. The average Bonchev–Trinajstić information content (AvgIpc) is 2.55. The molecular weight excluding hydrogens is 260 g/mol. The number of nitrogens with zero attached hydrogens (tertiary/aromatic N) is 2. The maximum atomic E-state index is 11.5. The van der Waals surface area contributed by atoms with Gasteiger partial charge in [0.2, 0.25) is 0 Å². The van der Waals surface area contributed by atoms with Gasteiger partial charge in [-0.2, -0.15) is 5.26 Å². The van der Waals surface area contributed by atoms with Crippen LogP contribution in [0.3, 0.4) is 0 Å². The molecule has 17 heavy (non-hydrogen) atoms. The van der Waals surface area contributed by atoms with E-state index in [1.807, 2.05) is 0 Å². The Balaban J connectivity index is 2.26. The topological polar surface area (TPSA) is 70.8 Å². The zero-order valence-electron chi connectivity index (χ0n) is 9.06. The quantitative estimate of drug-likeness (QED) is 0.766. The second kappa shape index (κ2) is 4.28. The van der Waals surface area contributed by atoms with Gasteiger partial charge in [0.1, 0.15) is 5.15 Å². The molecule has 1 aliphatic rings. The van der Waals surface area contributed by atoms with Crippen molar-refractivity contribution < 1.29 is 8.42 Å². The summed E-state index contributed by atoms with van der Waals surface area (Å²) in [5, 5.41) is 9.57. The molecule has 1 saturated heterocycles. The third-order valence-corrected chi connectivity index (χ3v) is 4.98. The van der Waals surface area contributed by atoms with Gasteiger partial charge in [-0.15, -0.1) is 0 Å². The van der Waals surface area contributed by atoms with Crippen molar-refractivity contribution >= 4 is 21.4 Å². The molecule has 0 spiro atoms. The summed E-state index contributed by atoms with van der Waals surface area (Å²) in [5.41, 5.74) is 0.0485. The summed E-state index contributed by atoms with van der Waals surface area (Å²) < 4.78 is 22.9. The molecule has 2 rings (SSSR count). The highest BCUT2D eigenvalue weighted by Gasteiger charge is 2.42. The molecule has 1 atom stereocenters. The lowest BCUT2D eigenvalue weighted by Gasteiger charge is -2.18. The van der Waals surface area contributed by atoms with E-state index in [1.165, 1.54) is 0 Å². The summed E-state index contributed by atoms with van der Waals surface area (Å²) in [6.45, 7) is 0. The number of sulfone groups is 1. The molecular formula is C11H11ClN2O2S. The molecule has 1 fully saturated rings. The molecule has 4 nitrogen and oxygen atoms in total. The minimum absolute atomic E-state index is 0.0591. The Labute approximate surface area is 105 Å². The van der Waals surface area contributed by atoms with Gasteiger partial charge in [-0.3, -0.25) is 0 Å². The van der Waals surface area contributed by atoms with Crippen LogP contribution in [0, 0.1) is 16.7 Å². The second-order valence-electron chi connectivity index (χ2n) is 4.40. The van der Waals surface area contributed by atoms with E-state index in [9.17, 15) is 13.7 Å². The van der Waals surface area contributed by atoms with Gasteiger partial charge in [-0.25, -0.2) is 13.4 Å². The predicted molar refractivity (Wildman–Crippen MR) is 64.3 cm³/mol. The van der Waals surface area contributed by atoms with Crippen molar-refractivity contribution in [3.05, 3.63) is 29.0 Å². The summed E-state index contributed by atoms with van der Waals surface area (Å²) in [6, 6.07) is 5.59. The van der Waals surface area contributed by atoms with E-state index in [1.54, 1.807) is 18.3 Å². The molecule has 1 aromatic heterocycles. The molecule has 0 N–H and O–H groups in total. The summed E-state index contributed by atoms with van der Waals surface area (Å²) in [6.07, 6.45) is 2.36. The van der Waals surface area contributed by atoms with Crippen molar-refractivity contribution in [2.75, 3.05) is 11.5 Å². The zero-order chi connectivity index (χ0) is 12.5. The number of halogens is 1. The molecule has 0 saturated carbocycles. The Morgan fingerprint density at radius 3 is 2.88 bits per heavy atom. The van der Waals surface area contributed by atoms with Gasteiger partial charge >= 0.3 is 0 Å². The highest BCUT2D eigenvalue weighted by atomic mass is 35.5. The maximum absolute atomic E-state index is 11.5. The largest absolute Gasteiger partial charge is 0.245 e. The molecule has 90 valence electrons. The number of nitriles is 1. The van der Waals surface area contributed by atoms with E-state index in [0.717, 1.165) is 5.56 Å². The number of aromatic nitrogens is 1. The van der Waals surface area contributed by atoms with Crippen molar-refractivity contribution in [2.24, 2.45) is 5.41 Å². The highest BCUT2D eigenvalue weighted by molar-refractivity contribution is 7.91. The highest BCUT2D eigenvalue weighted by Crippen LogP contribution is 2.35. The van der Waals surface area contributed by atoms with Crippen LogP contribution in [-0.2, 0) is 16.3 Å². The Kier molecular flexibility index (Phi) is 3.11. The summed E-state index contributed by atoms with van der Waals surface area (Å²) >= 11 is 5.76. The van der Waals surface area contributed by atoms with Crippen molar-refractivity contribution in [1.82, 2.24) is 4.98 Å². The number of pyridine rings is 1. The first-order chi connectivity index (χ1) is 7.95. The van der Waals surface area contributed by atoms with Crippen molar-refractivity contribution in [1.29, 1.82) is 5.26 Å². The van der Waals surface area contributed by atoms with Crippen molar-refractivity contribution in [2.45, 2.75) is 12.8 Å². The van der Waals surface area contributed by atoms with E-state index in [0.29, 0.717) is 18.0 Å². The SMILES string of the molecule is N#CC1(Cc2ccnc(Cl)c2)CCS(=O)(=O)C1. The number of hydrogen-bond donors (Lipinski definition) is 0. The number of rotatable bonds is 2. The first-order valence-electron chi connectivity index (χ1n) is 5.17. The van der Waals surface area contributed by atoms with Crippen LogP contribution in [0.25, 0.3) is 0 Å². The minimum atomic E-state index is -3.07. The summed E-state index contributed by atoms with van der Waals surface area (Å²) in [5.74, 6) is 0.0375. The van der Waals surface area contributed by atoms with Gasteiger partial charge in [-0.1, -0.05) is 11.6 Å². The van der Waals surface area contributed by atoms with Gasteiger partial charge in [0.25, 0.3) is 0 Å². The van der Waals surface area contributed by atoms with Crippen molar-refractivity contribution in [3.63, 3.8) is 0 Å². The monoisotopic (exact) mass is 270 g/mol. The third-order valence-electron chi connectivity index (χ3n) is 2.96. The maximum Gasteiger partial charge on any atom is 0.151 e. The van der Waals surface area contributed by atoms with E-state index in [2.05, 4.69) is 11.1 Å². The molecule has 0 aromatic carbocycles. The molecule has 0 amide bonds. The average molecular weight is 271 g/mol. The normalized spacial score (nSPS) is 26.6. The molecule has 2 heterocycles. The van der Waals surface area contributed by atoms with E-state index in [-0.39, 0.29) is 11.5 Å². The van der Waals surface area contributed by atoms with Gasteiger partial charge in [-0.05, 0) is 30.5 Å².